The summed E-state index contributed by atoms with van der Waals surface area (Å²) in [7, 11) is 2.52. The van der Waals surface area contributed by atoms with E-state index in [1.807, 2.05) is 13.2 Å². The van der Waals surface area contributed by atoms with Gasteiger partial charge < -0.3 is 24.1 Å². The van der Waals surface area contributed by atoms with Gasteiger partial charge in [0.2, 0.25) is 5.91 Å². The summed E-state index contributed by atoms with van der Waals surface area (Å²) < 4.78 is 34.8. The van der Waals surface area contributed by atoms with Gasteiger partial charge in [-0.15, -0.1) is 0 Å². The minimum atomic E-state index is -2.21. The van der Waals surface area contributed by atoms with Crippen LogP contribution in [-0.4, -0.2) is 71.9 Å². The Hall–Kier alpha value is -4.10. The highest BCUT2D eigenvalue weighted by Crippen LogP contribution is 2.40. The number of methoxy groups -OCH3 is 2. The summed E-state index contributed by atoms with van der Waals surface area (Å²) in [6.45, 7) is 10.9. The van der Waals surface area contributed by atoms with Crippen molar-refractivity contribution >= 4 is 36.9 Å². The zero-order chi connectivity index (χ0) is 31.1. The van der Waals surface area contributed by atoms with E-state index in [0.717, 1.165) is 5.56 Å². The first-order chi connectivity index (χ1) is 20.3. The number of aromatic nitrogens is 5. The summed E-state index contributed by atoms with van der Waals surface area (Å²) in [6, 6.07) is 6.27. The number of hydrogen-bond donors (Lipinski definition) is 1. The predicted octanol–water partition coefficient (Wildman–Crippen LogP) is 5.00. The number of nitrogens with one attached hydrogen (secondary N) is 1. The molecule has 43 heavy (non-hydrogen) atoms. The molecular weight excluding hydrogens is 569 g/mol. The van der Waals surface area contributed by atoms with Crippen molar-refractivity contribution in [2.24, 2.45) is 7.05 Å². The number of anilines is 2. The molecule has 1 aliphatic rings. The van der Waals surface area contributed by atoms with Crippen molar-refractivity contribution in [3.63, 3.8) is 0 Å². The summed E-state index contributed by atoms with van der Waals surface area (Å²) in [5.74, 6) is 0.0961. The van der Waals surface area contributed by atoms with E-state index in [9.17, 15) is 4.79 Å². The maximum absolute atomic E-state index is 15.9. The molecule has 4 aromatic rings. The van der Waals surface area contributed by atoms with Crippen molar-refractivity contribution in [1.29, 1.82) is 0 Å². The third kappa shape index (κ3) is 6.18. The Labute approximate surface area is 251 Å². The average molecular weight is 608 g/mol. The van der Waals surface area contributed by atoms with Crippen LogP contribution in [0.3, 0.4) is 0 Å². The van der Waals surface area contributed by atoms with Crippen LogP contribution in [0.1, 0.15) is 27.2 Å². The first-order valence-corrected chi connectivity index (χ1v) is 17.0. The summed E-state index contributed by atoms with van der Waals surface area (Å²) >= 11 is 0. The van der Waals surface area contributed by atoms with Crippen LogP contribution in [0.2, 0.25) is 18.1 Å². The summed E-state index contributed by atoms with van der Waals surface area (Å²) in [6.07, 6.45) is 5.06. The second-order valence-electron chi connectivity index (χ2n) is 12.3. The van der Waals surface area contributed by atoms with E-state index in [1.165, 1.54) is 20.3 Å². The van der Waals surface area contributed by atoms with Gasteiger partial charge in [-0.05, 0) is 30.3 Å². The fourth-order valence-electron chi connectivity index (χ4n) is 4.76. The van der Waals surface area contributed by atoms with Gasteiger partial charge in [0, 0.05) is 49.9 Å². The number of halogens is 1. The van der Waals surface area contributed by atoms with Crippen LogP contribution in [0, 0.1) is 5.82 Å². The van der Waals surface area contributed by atoms with Gasteiger partial charge in [0.15, 0.2) is 25.5 Å². The summed E-state index contributed by atoms with van der Waals surface area (Å²) in [5, 5.41) is 7.23. The molecule has 2 unspecified atom stereocenters. The first-order valence-electron chi connectivity index (χ1n) is 14.1. The van der Waals surface area contributed by atoms with Crippen molar-refractivity contribution < 1.29 is 23.1 Å². The Morgan fingerprint density at radius 3 is 2.56 bits per heavy atom. The van der Waals surface area contributed by atoms with Crippen molar-refractivity contribution in [3.8, 4) is 22.8 Å². The Kier molecular flexibility index (Phi) is 8.14. The lowest BCUT2D eigenvalue weighted by Crippen LogP contribution is -2.45. The largest absolute Gasteiger partial charge is 0.497 e. The highest BCUT2D eigenvalue weighted by atomic mass is 28.4. The van der Waals surface area contributed by atoms with Gasteiger partial charge >= 0.3 is 0 Å². The quantitative estimate of drug-likeness (QED) is 0.263. The molecule has 5 rings (SSSR count). The monoisotopic (exact) mass is 607 g/mol. The van der Waals surface area contributed by atoms with Gasteiger partial charge in [-0.25, -0.2) is 14.4 Å². The zero-order valence-electron chi connectivity index (χ0n) is 25.8. The Bertz CT molecular complexity index is 1660. The minimum Gasteiger partial charge on any atom is -0.497 e. The molecule has 1 N–H and O–H groups in total. The lowest BCUT2D eigenvalue weighted by atomic mass is 10.1. The lowest BCUT2D eigenvalue weighted by Gasteiger charge is -2.37. The second-order valence-corrected chi connectivity index (χ2v) is 17.0. The molecule has 0 saturated carbocycles. The van der Waals surface area contributed by atoms with Gasteiger partial charge in [0.25, 0.3) is 0 Å². The predicted molar refractivity (Wildman–Crippen MR) is 165 cm³/mol. The van der Waals surface area contributed by atoms with Crippen molar-refractivity contribution in [2.45, 2.75) is 57.5 Å². The topological polar surface area (TPSA) is 117 Å². The third-order valence-corrected chi connectivity index (χ3v) is 12.7. The number of ether oxygens (including phenoxy) is 2. The van der Waals surface area contributed by atoms with E-state index in [0.29, 0.717) is 34.8 Å². The summed E-state index contributed by atoms with van der Waals surface area (Å²) in [4.78, 5) is 28.8. The number of rotatable bonds is 9. The number of hydrogen-bond acceptors (Lipinski definition) is 9. The van der Waals surface area contributed by atoms with Crippen molar-refractivity contribution in [3.05, 3.63) is 48.7 Å². The maximum atomic E-state index is 15.9. The van der Waals surface area contributed by atoms with E-state index in [2.05, 4.69) is 49.3 Å². The molecule has 2 atom stereocenters. The van der Waals surface area contributed by atoms with Crippen LogP contribution in [-0.2, 0) is 16.3 Å². The second kappa shape index (κ2) is 11.5. The number of nitrogens with zero attached hydrogens (tertiary/aromatic N) is 6. The Balaban J connectivity index is 1.54. The third-order valence-electron chi connectivity index (χ3n) is 8.19. The number of amides is 1. The Morgan fingerprint density at radius 1 is 1.14 bits per heavy atom. The average Bonchev–Trinajstić information content (AvgIpc) is 3.55. The summed E-state index contributed by atoms with van der Waals surface area (Å²) in [5.41, 5.74) is 2.55. The van der Waals surface area contributed by atoms with Crippen LogP contribution in [0.25, 0.3) is 22.4 Å². The van der Waals surface area contributed by atoms with E-state index in [1.54, 1.807) is 40.2 Å². The molecule has 11 nitrogen and oxygen atoms in total. The molecule has 0 bridgehead atoms. The zero-order valence-corrected chi connectivity index (χ0v) is 26.8. The van der Waals surface area contributed by atoms with E-state index in [4.69, 9.17) is 23.9 Å². The number of carbonyl (C=O) groups is 1. The number of fused-ring (bicyclic) bond motifs is 1. The molecular formula is C30H38FN7O4Si. The molecule has 1 saturated heterocycles. The Morgan fingerprint density at radius 2 is 1.91 bits per heavy atom. The molecule has 1 fully saturated rings. The number of carbonyl (C=O) groups excluding carboxylic acids is 1. The normalized spacial score (nSPS) is 17.3. The molecule has 0 spiro atoms. The number of pyridine rings is 1. The van der Waals surface area contributed by atoms with Gasteiger partial charge in [-0.1, -0.05) is 20.8 Å². The van der Waals surface area contributed by atoms with Gasteiger partial charge in [0.1, 0.15) is 23.2 Å². The number of benzene rings is 1. The molecule has 0 radical (unpaired) electrons. The van der Waals surface area contributed by atoms with Crippen LogP contribution >= 0.6 is 0 Å². The number of aryl methyl sites for hydroxylation is 1. The fourth-order valence-corrected chi connectivity index (χ4v) is 6.03. The van der Waals surface area contributed by atoms with Crippen molar-refractivity contribution in [2.75, 3.05) is 25.7 Å². The van der Waals surface area contributed by atoms with Crippen LogP contribution in [0.15, 0.2) is 42.9 Å². The molecule has 1 amide bonds. The first kappa shape index (κ1) is 30.4. The van der Waals surface area contributed by atoms with Crippen molar-refractivity contribution in [1.82, 2.24) is 30.0 Å². The molecule has 4 heterocycles. The standard InChI is InChI=1S/C30H38FN7O4Si/c1-30(2,3)43(7,8)42-25-11-19(34-29(25)39)17-38(23-12-20(40-5)13-24(41-6)27(23)31)26-10-9-21-28(36-26)35-22(15-32-21)18-14-33-37(4)16-18/h9-10,12-16,19,25H,11,17H2,1-8H3,(H,34,39). The van der Waals surface area contributed by atoms with Crippen LogP contribution < -0.4 is 19.7 Å². The fraction of sp³-hybridized carbons (Fsp3) is 0.433. The lowest BCUT2D eigenvalue weighted by molar-refractivity contribution is -0.125. The molecule has 13 heteroatoms. The van der Waals surface area contributed by atoms with Crippen LogP contribution in [0.5, 0.6) is 11.5 Å². The highest BCUT2D eigenvalue weighted by Gasteiger charge is 2.44. The van der Waals surface area contributed by atoms with Gasteiger partial charge in [-0.2, -0.15) is 5.10 Å². The molecule has 0 aliphatic carbocycles. The molecule has 1 aliphatic heterocycles. The SMILES string of the molecule is COc1cc(OC)c(F)c(N(CC2CC(O[Si](C)(C)C(C)(C)C)C(=O)N2)c2ccc3ncc(-c4cnn(C)c4)nc3n2)c1. The highest BCUT2D eigenvalue weighted by molar-refractivity contribution is 6.74. The van der Waals surface area contributed by atoms with Gasteiger partial charge in [-0.3, -0.25) is 14.5 Å². The molecule has 3 aromatic heterocycles. The van der Waals surface area contributed by atoms with E-state index in [-0.39, 0.29) is 35.0 Å². The van der Waals surface area contributed by atoms with E-state index < -0.39 is 20.2 Å². The maximum Gasteiger partial charge on any atom is 0.248 e. The van der Waals surface area contributed by atoms with Gasteiger partial charge in [0.05, 0.1) is 38.0 Å². The molecule has 228 valence electrons. The van der Waals surface area contributed by atoms with Crippen LogP contribution in [0.4, 0.5) is 15.9 Å². The van der Waals surface area contributed by atoms with E-state index >= 15 is 4.39 Å². The smallest absolute Gasteiger partial charge is 0.248 e. The molecule has 1 aromatic carbocycles. The minimum absolute atomic E-state index is 0.0217.